The van der Waals surface area contributed by atoms with Gasteiger partial charge in [0.2, 0.25) is 0 Å². The Morgan fingerprint density at radius 1 is 1.12 bits per heavy atom. The van der Waals surface area contributed by atoms with Crippen molar-refractivity contribution in [2.45, 2.75) is 47.0 Å². The first kappa shape index (κ1) is 12.2. The van der Waals surface area contributed by atoms with Crippen LogP contribution in [0.25, 0.3) is 11.0 Å². The maximum absolute atomic E-state index is 5.78. The van der Waals surface area contributed by atoms with E-state index in [9.17, 15) is 0 Å². The van der Waals surface area contributed by atoms with Crippen LogP contribution in [-0.2, 0) is 12.8 Å². The van der Waals surface area contributed by atoms with Crippen LogP contribution < -0.4 is 0 Å². The fourth-order valence-electron chi connectivity index (χ4n) is 2.34. The van der Waals surface area contributed by atoms with Gasteiger partial charge in [0.05, 0.1) is 6.26 Å². The maximum Gasteiger partial charge on any atom is 0.137 e. The molecule has 0 aliphatic rings. The lowest BCUT2D eigenvalue weighted by molar-refractivity contribution is 0.410. The number of hydrogen-bond acceptors (Lipinski definition) is 1. The number of furan rings is 1. The third-order valence-electron chi connectivity index (χ3n) is 3.00. The zero-order chi connectivity index (χ0) is 12.5. The summed E-state index contributed by atoms with van der Waals surface area (Å²) in [5.74, 6) is 0. The van der Waals surface area contributed by atoms with Gasteiger partial charge >= 0.3 is 0 Å². The molecule has 2 rings (SSSR count). The van der Waals surface area contributed by atoms with Crippen molar-refractivity contribution in [3.63, 3.8) is 0 Å². The lowest BCUT2D eigenvalue weighted by atomic mass is 9.88. The zero-order valence-corrected chi connectivity index (χ0v) is 11.3. The number of para-hydroxylation sites is 1. The first-order valence-electron chi connectivity index (χ1n) is 6.49. The predicted octanol–water partition coefficient (Wildman–Crippen LogP) is 4.97. The molecule has 0 amide bonds. The van der Waals surface area contributed by atoms with Gasteiger partial charge < -0.3 is 4.42 Å². The van der Waals surface area contributed by atoms with Gasteiger partial charge in [0.25, 0.3) is 0 Å². The Hall–Kier alpha value is -1.24. The number of hydrogen-bond donors (Lipinski definition) is 0. The van der Waals surface area contributed by atoms with Gasteiger partial charge in [-0.15, -0.1) is 0 Å². The molecule has 2 aromatic rings. The third-order valence-corrected chi connectivity index (χ3v) is 3.00. The highest BCUT2D eigenvalue weighted by molar-refractivity contribution is 5.84. The van der Waals surface area contributed by atoms with Gasteiger partial charge in [0.1, 0.15) is 5.58 Å². The van der Waals surface area contributed by atoms with Crippen molar-refractivity contribution in [3.8, 4) is 0 Å². The summed E-state index contributed by atoms with van der Waals surface area (Å²) in [7, 11) is 0. The van der Waals surface area contributed by atoms with Crippen LogP contribution in [0.1, 0.15) is 45.2 Å². The van der Waals surface area contributed by atoms with E-state index in [0.29, 0.717) is 5.41 Å². The summed E-state index contributed by atoms with van der Waals surface area (Å²) in [5, 5.41) is 1.30. The summed E-state index contributed by atoms with van der Waals surface area (Å²) in [4.78, 5) is 0. The molecule has 0 bridgehead atoms. The molecule has 0 N–H and O–H groups in total. The maximum atomic E-state index is 5.78. The highest BCUT2D eigenvalue weighted by Gasteiger charge is 2.16. The summed E-state index contributed by atoms with van der Waals surface area (Å²) in [6.45, 7) is 9.00. The monoisotopic (exact) mass is 230 g/mol. The fraction of sp³-hybridized carbons (Fsp3) is 0.500. The Kier molecular flexibility index (Phi) is 3.28. The second-order valence-electron chi connectivity index (χ2n) is 6.04. The Bertz CT molecular complexity index is 500. The molecule has 0 spiro atoms. The molecule has 1 nitrogen and oxygen atoms in total. The molecule has 0 saturated carbocycles. The quantitative estimate of drug-likeness (QED) is 0.725. The molecule has 0 unspecified atom stereocenters. The van der Waals surface area contributed by atoms with E-state index in [1.165, 1.54) is 16.5 Å². The van der Waals surface area contributed by atoms with Crippen molar-refractivity contribution in [1.82, 2.24) is 0 Å². The van der Waals surface area contributed by atoms with Crippen LogP contribution in [0.3, 0.4) is 0 Å². The highest BCUT2D eigenvalue weighted by atomic mass is 16.3. The minimum absolute atomic E-state index is 0.303. The molecule has 0 fully saturated rings. The van der Waals surface area contributed by atoms with Gasteiger partial charge in [-0.3, -0.25) is 0 Å². The van der Waals surface area contributed by atoms with Gasteiger partial charge in [-0.25, -0.2) is 0 Å². The topological polar surface area (TPSA) is 13.1 Å². The van der Waals surface area contributed by atoms with E-state index < -0.39 is 0 Å². The number of fused-ring (bicyclic) bond motifs is 1. The average Bonchev–Trinajstić information content (AvgIpc) is 2.61. The molecule has 0 aliphatic heterocycles. The van der Waals surface area contributed by atoms with Crippen LogP contribution in [0.5, 0.6) is 0 Å². The zero-order valence-electron chi connectivity index (χ0n) is 11.3. The van der Waals surface area contributed by atoms with Crippen LogP contribution in [0.15, 0.2) is 28.9 Å². The van der Waals surface area contributed by atoms with E-state index in [0.717, 1.165) is 24.8 Å². The van der Waals surface area contributed by atoms with E-state index in [1.807, 2.05) is 6.26 Å². The summed E-state index contributed by atoms with van der Waals surface area (Å²) in [6, 6.07) is 6.50. The van der Waals surface area contributed by atoms with Crippen molar-refractivity contribution in [2.75, 3.05) is 0 Å². The fourth-order valence-corrected chi connectivity index (χ4v) is 2.34. The van der Waals surface area contributed by atoms with E-state index in [2.05, 4.69) is 45.9 Å². The van der Waals surface area contributed by atoms with E-state index in [1.54, 1.807) is 0 Å². The Morgan fingerprint density at radius 3 is 2.53 bits per heavy atom. The SMILES string of the molecule is CCCc1cccc2c(CC(C)(C)C)coc12. The first-order chi connectivity index (χ1) is 8.01. The molecule has 92 valence electrons. The Morgan fingerprint density at radius 2 is 1.88 bits per heavy atom. The summed E-state index contributed by atoms with van der Waals surface area (Å²) >= 11 is 0. The number of rotatable bonds is 3. The molecule has 0 saturated heterocycles. The van der Waals surface area contributed by atoms with Gasteiger partial charge in [0, 0.05) is 5.39 Å². The van der Waals surface area contributed by atoms with Crippen LogP contribution >= 0.6 is 0 Å². The molecule has 0 atom stereocenters. The number of aryl methyl sites for hydroxylation is 1. The minimum Gasteiger partial charge on any atom is -0.464 e. The lowest BCUT2D eigenvalue weighted by Gasteiger charge is -2.16. The van der Waals surface area contributed by atoms with Crippen molar-refractivity contribution in [3.05, 3.63) is 35.6 Å². The Balaban J connectivity index is 2.44. The molecular weight excluding hydrogens is 208 g/mol. The normalized spacial score (nSPS) is 12.2. The van der Waals surface area contributed by atoms with E-state index >= 15 is 0 Å². The lowest BCUT2D eigenvalue weighted by Crippen LogP contribution is -2.08. The van der Waals surface area contributed by atoms with Crippen molar-refractivity contribution >= 4 is 11.0 Å². The van der Waals surface area contributed by atoms with Gasteiger partial charge in [-0.05, 0) is 29.4 Å². The molecule has 1 aromatic carbocycles. The van der Waals surface area contributed by atoms with E-state index in [-0.39, 0.29) is 0 Å². The largest absolute Gasteiger partial charge is 0.464 e. The van der Waals surface area contributed by atoms with Crippen molar-refractivity contribution < 1.29 is 4.42 Å². The highest BCUT2D eigenvalue weighted by Crippen LogP contribution is 2.30. The van der Waals surface area contributed by atoms with E-state index in [4.69, 9.17) is 4.42 Å². The van der Waals surface area contributed by atoms with Gasteiger partial charge in [-0.2, -0.15) is 0 Å². The average molecular weight is 230 g/mol. The second-order valence-corrected chi connectivity index (χ2v) is 6.04. The summed E-state index contributed by atoms with van der Waals surface area (Å²) in [6.07, 6.45) is 5.26. The number of benzene rings is 1. The smallest absolute Gasteiger partial charge is 0.137 e. The molecule has 0 radical (unpaired) electrons. The molecule has 1 heteroatoms. The van der Waals surface area contributed by atoms with Crippen LogP contribution in [0.4, 0.5) is 0 Å². The standard InChI is InChI=1S/C16H22O/c1-5-7-12-8-6-9-14-13(10-16(2,3)4)11-17-15(12)14/h6,8-9,11H,5,7,10H2,1-4H3. The van der Waals surface area contributed by atoms with Crippen LogP contribution in [0, 0.1) is 5.41 Å². The minimum atomic E-state index is 0.303. The second kappa shape index (κ2) is 4.56. The predicted molar refractivity (Wildman–Crippen MR) is 73.4 cm³/mol. The van der Waals surface area contributed by atoms with Crippen molar-refractivity contribution in [2.24, 2.45) is 5.41 Å². The molecule has 1 aromatic heterocycles. The van der Waals surface area contributed by atoms with Gasteiger partial charge in [0.15, 0.2) is 0 Å². The third kappa shape index (κ3) is 2.71. The molecule has 17 heavy (non-hydrogen) atoms. The van der Waals surface area contributed by atoms with Crippen LogP contribution in [0.2, 0.25) is 0 Å². The molecule has 1 heterocycles. The van der Waals surface area contributed by atoms with Crippen LogP contribution in [-0.4, -0.2) is 0 Å². The first-order valence-corrected chi connectivity index (χ1v) is 6.49. The Labute approximate surface area is 104 Å². The van der Waals surface area contributed by atoms with Crippen molar-refractivity contribution in [1.29, 1.82) is 0 Å². The summed E-state index contributed by atoms with van der Waals surface area (Å²) in [5.41, 5.74) is 4.07. The molecule has 0 aliphatic carbocycles. The molecular formula is C16H22O. The van der Waals surface area contributed by atoms with Gasteiger partial charge in [-0.1, -0.05) is 52.3 Å². The summed E-state index contributed by atoms with van der Waals surface area (Å²) < 4.78 is 5.78.